The molecule has 1 N–H and O–H groups in total. The quantitative estimate of drug-likeness (QED) is 0.682. The Morgan fingerprint density at radius 1 is 1.40 bits per heavy atom. The van der Waals surface area contributed by atoms with Crippen LogP contribution in [0.2, 0.25) is 0 Å². The fourth-order valence-corrected chi connectivity index (χ4v) is 1.45. The number of ether oxygens (including phenoxy) is 2. The van der Waals surface area contributed by atoms with Crippen molar-refractivity contribution in [2.24, 2.45) is 0 Å². The Labute approximate surface area is 91.3 Å². The van der Waals surface area contributed by atoms with Crippen molar-refractivity contribution in [2.75, 3.05) is 19.8 Å². The van der Waals surface area contributed by atoms with Gasteiger partial charge in [0.15, 0.2) is 6.29 Å². The van der Waals surface area contributed by atoms with Crippen LogP contribution in [0.15, 0.2) is 0 Å². The molecule has 0 spiro atoms. The number of rotatable bonds is 6. The molecular weight excluding hydrogens is 194 g/mol. The number of hydrogen-bond donors (Lipinski definition) is 1. The molecule has 15 heavy (non-hydrogen) atoms. The summed E-state index contributed by atoms with van der Waals surface area (Å²) in [7, 11) is 0. The highest BCUT2D eigenvalue weighted by Crippen LogP contribution is 2.10. The molecule has 1 amide bonds. The normalized spacial score (nSPS) is 17.7. The minimum absolute atomic E-state index is 0.0984. The lowest BCUT2D eigenvalue weighted by Crippen LogP contribution is -2.29. The van der Waals surface area contributed by atoms with Crippen LogP contribution in [-0.2, 0) is 14.3 Å². The second-order valence-corrected chi connectivity index (χ2v) is 3.77. The van der Waals surface area contributed by atoms with Gasteiger partial charge < -0.3 is 14.8 Å². The number of hydrogen-bond acceptors (Lipinski definition) is 3. The molecule has 1 heterocycles. The number of carbonyl (C=O) groups excluding carboxylic acids is 1. The summed E-state index contributed by atoms with van der Waals surface area (Å²) in [5.41, 5.74) is 0. The van der Waals surface area contributed by atoms with E-state index in [-0.39, 0.29) is 12.2 Å². The van der Waals surface area contributed by atoms with E-state index >= 15 is 0 Å². The summed E-state index contributed by atoms with van der Waals surface area (Å²) in [5, 5.41) is 2.87. The maximum Gasteiger partial charge on any atom is 0.220 e. The number of carbonyl (C=O) groups is 1. The second kappa shape index (κ2) is 7.65. The van der Waals surface area contributed by atoms with Crippen LogP contribution >= 0.6 is 0 Å². The van der Waals surface area contributed by atoms with Crippen molar-refractivity contribution < 1.29 is 14.3 Å². The average Bonchev–Trinajstić information content (AvgIpc) is 2.28. The summed E-state index contributed by atoms with van der Waals surface area (Å²) in [6, 6.07) is 0. The summed E-state index contributed by atoms with van der Waals surface area (Å²) in [6.07, 6.45) is 4.10. The summed E-state index contributed by atoms with van der Waals surface area (Å²) in [6.45, 7) is 4.39. The van der Waals surface area contributed by atoms with Crippen LogP contribution in [0.1, 0.15) is 39.0 Å². The zero-order valence-electron chi connectivity index (χ0n) is 9.46. The van der Waals surface area contributed by atoms with Crippen LogP contribution < -0.4 is 5.32 Å². The minimum atomic E-state index is -0.171. The lowest BCUT2D eigenvalue weighted by atomic mass is 10.2. The fourth-order valence-electron chi connectivity index (χ4n) is 1.45. The zero-order valence-corrected chi connectivity index (χ0v) is 9.46. The van der Waals surface area contributed by atoms with E-state index in [9.17, 15) is 4.79 Å². The van der Waals surface area contributed by atoms with Gasteiger partial charge in [-0.05, 0) is 12.8 Å². The molecule has 0 saturated carbocycles. The first-order valence-corrected chi connectivity index (χ1v) is 5.83. The monoisotopic (exact) mass is 215 g/mol. The first-order chi connectivity index (χ1) is 7.33. The van der Waals surface area contributed by atoms with Gasteiger partial charge in [-0.2, -0.15) is 0 Å². The number of nitrogens with one attached hydrogen (secondary N) is 1. The summed E-state index contributed by atoms with van der Waals surface area (Å²) < 4.78 is 10.7. The Morgan fingerprint density at radius 3 is 2.80 bits per heavy atom. The molecule has 88 valence electrons. The molecule has 0 aromatic rings. The van der Waals surface area contributed by atoms with Gasteiger partial charge >= 0.3 is 0 Å². The van der Waals surface area contributed by atoms with E-state index in [1.54, 1.807) is 0 Å². The predicted molar refractivity (Wildman–Crippen MR) is 57.5 cm³/mol. The van der Waals surface area contributed by atoms with Crippen molar-refractivity contribution in [1.82, 2.24) is 5.32 Å². The molecule has 0 radical (unpaired) electrons. The van der Waals surface area contributed by atoms with E-state index in [2.05, 4.69) is 12.2 Å². The van der Waals surface area contributed by atoms with E-state index in [1.807, 2.05) is 0 Å². The van der Waals surface area contributed by atoms with Gasteiger partial charge in [-0.3, -0.25) is 4.79 Å². The van der Waals surface area contributed by atoms with Crippen molar-refractivity contribution >= 4 is 5.91 Å². The Morgan fingerprint density at radius 2 is 2.13 bits per heavy atom. The molecule has 0 unspecified atom stereocenters. The van der Waals surface area contributed by atoms with Crippen LogP contribution in [0.25, 0.3) is 0 Å². The number of unbranched alkanes of at least 4 members (excludes halogenated alkanes) is 1. The Balaban J connectivity index is 2.00. The fraction of sp³-hybridized carbons (Fsp3) is 0.909. The van der Waals surface area contributed by atoms with Crippen molar-refractivity contribution in [3.05, 3.63) is 0 Å². The van der Waals surface area contributed by atoms with Crippen molar-refractivity contribution in [1.29, 1.82) is 0 Å². The van der Waals surface area contributed by atoms with Gasteiger partial charge in [0.25, 0.3) is 0 Å². The predicted octanol–water partition coefficient (Wildman–Crippen LogP) is 1.45. The smallest absolute Gasteiger partial charge is 0.220 e. The molecule has 0 atom stereocenters. The van der Waals surface area contributed by atoms with Crippen molar-refractivity contribution in [3.8, 4) is 0 Å². The van der Waals surface area contributed by atoms with Crippen LogP contribution in [0, 0.1) is 0 Å². The second-order valence-electron chi connectivity index (χ2n) is 3.77. The SMILES string of the molecule is CCCCNC(=O)CCC1OCCCO1. The standard InChI is InChI=1S/C11H21NO3/c1-2-3-7-12-10(13)5-6-11-14-8-4-9-15-11/h11H,2-9H2,1H3,(H,12,13). The molecule has 0 aromatic carbocycles. The van der Waals surface area contributed by atoms with Gasteiger partial charge in [0, 0.05) is 19.4 Å². The van der Waals surface area contributed by atoms with Crippen LogP contribution in [0.4, 0.5) is 0 Å². The molecule has 0 aromatic heterocycles. The third-order valence-electron chi connectivity index (χ3n) is 2.36. The highest BCUT2D eigenvalue weighted by molar-refractivity contribution is 5.75. The highest BCUT2D eigenvalue weighted by atomic mass is 16.7. The van der Waals surface area contributed by atoms with E-state index in [1.165, 1.54) is 0 Å². The average molecular weight is 215 g/mol. The molecule has 1 rings (SSSR count). The van der Waals surface area contributed by atoms with E-state index in [0.717, 1.165) is 39.0 Å². The van der Waals surface area contributed by atoms with Gasteiger partial charge in [0.05, 0.1) is 13.2 Å². The molecule has 0 aliphatic carbocycles. The Kier molecular flexibility index (Phi) is 6.36. The molecule has 4 nitrogen and oxygen atoms in total. The van der Waals surface area contributed by atoms with Crippen LogP contribution in [0.5, 0.6) is 0 Å². The van der Waals surface area contributed by atoms with Crippen LogP contribution in [0.3, 0.4) is 0 Å². The molecule has 1 fully saturated rings. The van der Waals surface area contributed by atoms with Gasteiger partial charge in [0.1, 0.15) is 0 Å². The van der Waals surface area contributed by atoms with Gasteiger partial charge in [-0.25, -0.2) is 0 Å². The molecule has 1 aliphatic heterocycles. The topological polar surface area (TPSA) is 47.6 Å². The minimum Gasteiger partial charge on any atom is -0.356 e. The van der Waals surface area contributed by atoms with Gasteiger partial charge in [-0.15, -0.1) is 0 Å². The van der Waals surface area contributed by atoms with Crippen molar-refractivity contribution in [2.45, 2.75) is 45.3 Å². The van der Waals surface area contributed by atoms with Gasteiger partial charge in [0.2, 0.25) is 5.91 Å². The zero-order chi connectivity index (χ0) is 10.9. The van der Waals surface area contributed by atoms with E-state index in [0.29, 0.717) is 12.8 Å². The first-order valence-electron chi connectivity index (χ1n) is 5.83. The van der Waals surface area contributed by atoms with E-state index in [4.69, 9.17) is 9.47 Å². The Bertz CT molecular complexity index is 179. The molecular formula is C11H21NO3. The van der Waals surface area contributed by atoms with E-state index < -0.39 is 0 Å². The van der Waals surface area contributed by atoms with Crippen molar-refractivity contribution in [3.63, 3.8) is 0 Å². The summed E-state index contributed by atoms with van der Waals surface area (Å²) in [5.74, 6) is 0.0984. The maximum atomic E-state index is 11.3. The lowest BCUT2D eigenvalue weighted by Gasteiger charge is -2.22. The molecule has 1 saturated heterocycles. The first kappa shape index (κ1) is 12.5. The largest absolute Gasteiger partial charge is 0.356 e. The number of amides is 1. The summed E-state index contributed by atoms with van der Waals surface area (Å²) in [4.78, 5) is 11.3. The third kappa shape index (κ3) is 5.74. The molecule has 0 bridgehead atoms. The van der Waals surface area contributed by atoms with Crippen LogP contribution in [-0.4, -0.2) is 32.0 Å². The molecule has 1 aliphatic rings. The van der Waals surface area contributed by atoms with Gasteiger partial charge in [-0.1, -0.05) is 13.3 Å². The highest BCUT2D eigenvalue weighted by Gasteiger charge is 2.15. The molecule has 4 heteroatoms. The lowest BCUT2D eigenvalue weighted by molar-refractivity contribution is -0.182. The maximum absolute atomic E-state index is 11.3. The Hall–Kier alpha value is -0.610. The summed E-state index contributed by atoms with van der Waals surface area (Å²) >= 11 is 0. The third-order valence-corrected chi connectivity index (χ3v) is 2.36.